The molecule has 0 saturated carbocycles. The molecule has 0 aliphatic carbocycles. The van der Waals surface area contributed by atoms with Crippen molar-refractivity contribution in [3.63, 3.8) is 0 Å². The molecule has 0 radical (unpaired) electrons. The van der Waals surface area contributed by atoms with Gasteiger partial charge in [-0.3, -0.25) is 0 Å². The first kappa shape index (κ1) is 13.4. The van der Waals surface area contributed by atoms with Gasteiger partial charge in [0, 0.05) is 23.7 Å². The van der Waals surface area contributed by atoms with Crippen LogP contribution in [-0.2, 0) is 9.53 Å². The van der Waals surface area contributed by atoms with Gasteiger partial charge >= 0.3 is 5.97 Å². The lowest BCUT2D eigenvalue weighted by molar-refractivity contribution is -0.133. The van der Waals surface area contributed by atoms with Crippen molar-refractivity contribution in [3.05, 3.63) is 23.9 Å². The Morgan fingerprint density at radius 1 is 1.42 bits per heavy atom. The number of esters is 1. The Hall–Kier alpha value is -2.06. The number of pyridine rings is 1. The van der Waals surface area contributed by atoms with Crippen molar-refractivity contribution < 1.29 is 14.3 Å². The predicted octanol–water partition coefficient (Wildman–Crippen LogP) is 0.737. The van der Waals surface area contributed by atoms with Gasteiger partial charge in [-0.25, -0.2) is 9.78 Å². The van der Waals surface area contributed by atoms with Gasteiger partial charge in [-0.05, 0) is 32.0 Å². The van der Waals surface area contributed by atoms with Crippen LogP contribution in [0.15, 0.2) is 18.3 Å². The van der Waals surface area contributed by atoms with E-state index in [1.807, 2.05) is 0 Å². The molecule has 100 valence electrons. The van der Waals surface area contributed by atoms with Crippen LogP contribution in [0.25, 0.3) is 0 Å². The molecule has 2 rings (SSSR count). The smallest absolute Gasteiger partial charge is 0.384 e. The topological polar surface area (TPSA) is 60.5 Å². The van der Waals surface area contributed by atoms with Crippen LogP contribution in [0.2, 0.25) is 0 Å². The van der Waals surface area contributed by atoms with Gasteiger partial charge in [0.2, 0.25) is 5.88 Å². The fourth-order valence-electron chi connectivity index (χ4n) is 1.78. The van der Waals surface area contributed by atoms with E-state index in [0.717, 1.165) is 25.9 Å². The lowest BCUT2D eigenvalue weighted by Gasteiger charge is -2.23. The molecule has 0 unspecified atom stereocenters. The highest BCUT2D eigenvalue weighted by atomic mass is 16.5. The predicted molar refractivity (Wildman–Crippen MR) is 69.7 cm³/mol. The quantitative estimate of drug-likeness (QED) is 0.627. The molecule has 1 fully saturated rings. The van der Waals surface area contributed by atoms with E-state index >= 15 is 0 Å². The Labute approximate surface area is 112 Å². The molecule has 1 aromatic rings. The third-order valence-corrected chi connectivity index (χ3v) is 2.80. The van der Waals surface area contributed by atoms with Crippen molar-refractivity contribution in [2.45, 2.75) is 18.9 Å². The van der Waals surface area contributed by atoms with Crippen LogP contribution < -0.4 is 10.1 Å². The van der Waals surface area contributed by atoms with Gasteiger partial charge in [0.25, 0.3) is 0 Å². The standard InChI is InChI=1S/C14H16N2O3/c1-18-14(17)5-3-11-2-4-13(16-10-11)19-12-6-8-15-9-7-12/h2,4,10,12,15H,6-9H2,1H3. The summed E-state index contributed by atoms with van der Waals surface area (Å²) in [7, 11) is 1.30. The maximum absolute atomic E-state index is 10.9. The first-order valence-corrected chi connectivity index (χ1v) is 6.21. The highest BCUT2D eigenvalue weighted by Gasteiger charge is 2.14. The van der Waals surface area contributed by atoms with Crippen LogP contribution in [0, 0.1) is 11.8 Å². The molecule has 1 aliphatic heterocycles. The monoisotopic (exact) mass is 260 g/mol. The molecule has 0 bridgehead atoms. The molecule has 1 aliphatic rings. The zero-order chi connectivity index (χ0) is 13.5. The van der Waals surface area contributed by atoms with E-state index in [2.05, 4.69) is 26.9 Å². The first-order chi connectivity index (χ1) is 9.28. The van der Waals surface area contributed by atoms with Crippen molar-refractivity contribution in [2.75, 3.05) is 20.2 Å². The highest BCUT2D eigenvalue weighted by Crippen LogP contribution is 2.14. The lowest BCUT2D eigenvalue weighted by Crippen LogP contribution is -2.34. The molecule has 0 atom stereocenters. The Morgan fingerprint density at radius 3 is 2.84 bits per heavy atom. The number of aromatic nitrogens is 1. The summed E-state index contributed by atoms with van der Waals surface area (Å²) in [6, 6.07) is 3.54. The number of nitrogens with one attached hydrogen (secondary N) is 1. The highest BCUT2D eigenvalue weighted by molar-refractivity contribution is 5.88. The SMILES string of the molecule is COC(=O)C#Cc1ccc(OC2CCNCC2)nc1. The van der Waals surface area contributed by atoms with E-state index in [9.17, 15) is 4.79 Å². The molecule has 19 heavy (non-hydrogen) atoms. The second-order valence-electron chi connectivity index (χ2n) is 4.19. The maximum atomic E-state index is 10.9. The lowest BCUT2D eigenvalue weighted by atomic mass is 10.1. The minimum absolute atomic E-state index is 0.223. The minimum atomic E-state index is -0.560. The van der Waals surface area contributed by atoms with Gasteiger partial charge in [-0.2, -0.15) is 0 Å². The average molecular weight is 260 g/mol. The number of piperidine rings is 1. The molecule has 5 heteroatoms. The second-order valence-corrected chi connectivity index (χ2v) is 4.19. The van der Waals surface area contributed by atoms with Crippen LogP contribution in [0.1, 0.15) is 18.4 Å². The fraction of sp³-hybridized carbons (Fsp3) is 0.429. The van der Waals surface area contributed by atoms with Crippen molar-refractivity contribution >= 4 is 5.97 Å². The van der Waals surface area contributed by atoms with E-state index in [1.54, 1.807) is 18.3 Å². The summed E-state index contributed by atoms with van der Waals surface area (Å²) in [5.74, 6) is 5.06. The van der Waals surface area contributed by atoms with Crippen LogP contribution in [0.5, 0.6) is 5.88 Å². The van der Waals surface area contributed by atoms with Crippen molar-refractivity contribution in [1.29, 1.82) is 0 Å². The van der Waals surface area contributed by atoms with E-state index in [4.69, 9.17) is 4.74 Å². The zero-order valence-corrected chi connectivity index (χ0v) is 10.8. The van der Waals surface area contributed by atoms with E-state index < -0.39 is 5.97 Å². The first-order valence-electron chi connectivity index (χ1n) is 6.21. The van der Waals surface area contributed by atoms with Gasteiger partial charge in [0.05, 0.1) is 7.11 Å². The summed E-state index contributed by atoms with van der Waals surface area (Å²) in [6.07, 6.45) is 3.80. The summed E-state index contributed by atoms with van der Waals surface area (Å²) in [4.78, 5) is 15.0. The maximum Gasteiger partial charge on any atom is 0.384 e. The number of methoxy groups -OCH3 is 1. The summed E-state index contributed by atoms with van der Waals surface area (Å²) in [6.45, 7) is 1.96. The number of carbonyl (C=O) groups excluding carboxylic acids is 1. The minimum Gasteiger partial charge on any atom is -0.474 e. The number of ether oxygens (including phenoxy) is 2. The average Bonchev–Trinajstić information content (AvgIpc) is 2.47. The summed E-state index contributed by atoms with van der Waals surface area (Å²) in [5, 5.41) is 3.28. The summed E-state index contributed by atoms with van der Waals surface area (Å²) < 4.78 is 10.2. The number of hydrogen-bond donors (Lipinski definition) is 1. The van der Waals surface area contributed by atoms with Crippen molar-refractivity contribution in [3.8, 4) is 17.7 Å². The molecule has 5 nitrogen and oxygen atoms in total. The van der Waals surface area contributed by atoms with Crippen LogP contribution >= 0.6 is 0 Å². The largest absolute Gasteiger partial charge is 0.474 e. The molecule has 0 amide bonds. The van der Waals surface area contributed by atoms with E-state index in [0.29, 0.717) is 11.4 Å². The van der Waals surface area contributed by atoms with Crippen molar-refractivity contribution in [2.24, 2.45) is 0 Å². The number of rotatable bonds is 2. The normalized spacial score (nSPS) is 15.2. The fourth-order valence-corrected chi connectivity index (χ4v) is 1.78. The van der Waals surface area contributed by atoms with E-state index in [1.165, 1.54) is 7.11 Å². The summed E-state index contributed by atoms with van der Waals surface area (Å²) >= 11 is 0. The summed E-state index contributed by atoms with van der Waals surface area (Å²) in [5.41, 5.74) is 0.656. The third-order valence-electron chi connectivity index (χ3n) is 2.80. The zero-order valence-electron chi connectivity index (χ0n) is 10.8. The van der Waals surface area contributed by atoms with Crippen LogP contribution in [-0.4, -0.2) is 37.3 Å². The van der Waals surface area contributed by atoms with Gasteiger partial charge in [-0.15, -0.1) is 0 Å². The molecule has 2 heterocycles. The van der Waals surface area contributed by atoms with E-state index in [-0.39, 0.29) is 6.10 Å². The van der Waals surface area contributed by atoms with Gasteiger partial charge in [0.1, 0.15) is 6.10 Å². The molecule has 1 saturated heterocycles. The Kier molecular flexibility index (Phi) is 4.76. The Balaban J connectivity index is 1.93. The van der Waals surface area contributed by atoms with Gasteiger partial charge in [0.15, 0.2) is 0 Å². The van der Waals surface area contributed by atoms with Crippen LogP contribution in [0.3, 0.4) is 0 Å². The second kappa shape index (κ2) is 6.76. The molecule has 1 N–H and O–H groups in total. The van der Waals surface area contributed by atoms with Crippen molar-refractivity contribution in [1.82, 2.24) is 10.3 Å². The molecule has 0 spiro atoms. The number of hydrogen-bond acceptors (Lipinski definition) is 5. The molecule has 0 aromatic carbocycles. The third kappa shape index (κ3) is 4.27. The Morgan fingerprint density at radius 2 is 2.21 bits per heavy atom. The Bertz CT molecular complexity index is 482. The molecule has 1 aromatic heterocycles. The molecular formula is C14H16N2O3. The number of carbonyl (C=O) groups is 1. The van der Waals surface area contributed by atoms with Crippen LogP contribution in [0.4, 0.5) is 0 Å². The molecular weight excluding hydrogens is 244 g/mol. The number of nitrogens with zero attached hydrogens (tertiary/aromatic N) is 1. The van der Waals surface area contributed by atoms with Gasteiger partial charge in [-0.1, -0.05) is 5.92 Å². The van der Waals surface area contributed by atoms with Gasteiger partial charge < -0.3 is 14.8 Å².